The zero-order valence-corrected chi connectivity index (χ0v) is 13.5. The molecule has 0 atom stereocenters. The van der Waals surface area contributed by atoms with Gasteiger partial charge in [-0.25, -0.2) is 0 Å². The summed E-state index contributed by atoms with van der Waals surface area (Å²) in [6.45, 7) is 2.39. The lowest BCUT2D eigenvalue weighted by molar-refractivity contribution is 0.0688. The molecule has 0 aliphatic heterocycles. The monoisotopic (exact) mass is 313 g/mol. The highest BCUT2D eigenvalue weighted by molar-refractivity contribution is 6.00. The molecule has 0 radical (unpaired) electrons. The molecule has 0 unspecified atom stereocenters. The first kappa shape index (κ1) is 17.2. The first-order chi connectivity index (χ1) is 11.3. The van der Waals surface area contributed by atoms with Crippen molar-refractivity contribution < 1.29 is 14.3 Å². The van der Waals surface area contributed by atoms with Crippen molar-refractivity contribution in [1.29, 1.82) is 0 Å². The van der Waals surface area contributed by atoms with E-state index in [-0.39, 0.29) is 5.91 Å². The number of hydrogen-bond acceptors (Lipinski definition) is 3. The number of carbonyl (C=O) groups is 1. The molecule has 0 heterocycles. The summed E-state index contributed by atoms with van der Waals surface area (Å²) in [4.78, 5) is 12.4. The average molecular weight is 313 g/mol. The second-order valence-corrected chi connectivity index (χ2v) is 5.13. The van der Waals surface area contributed by atoms with Crippen LogP contribution in [0.4, 0.5) is 0 Å². The second kappa shape index (κ2) is 9.77. The van der Waals surface area contributed by atoms with E-state index in [0.717, 1.165) is 17.5 Å². The number of hydrogen-bond donors (Lipinski definition) is 1. The second-order valence-electron chi connectivity index (χ2n) is 5.13. The Hall–Kier alpha value is -2.17. The molecule has 4 nitrogen and oxygen atoms in total. The van der Waals surface area contributed by atoms with Crippen LogP contribution >= 0.6 is 0 Å². The summed E-state index contributed by atoms with van der Waals surface area (Å²) in [7, 11) is 1.65. The van der Waals surface area contributed by atoms with Gasteiger partial charge in [-0.1, -0.05) is 48.5 Å². The third-order valence-corrected chi connectivity index (χ3v) is 3.44. The molecule has 0 saturated heterocycles. The molecule has 122 valence electrons. The maximum atomic E-state index is 12.4. The van der Waals surface area contributed by atoms with Crippen molar-refractivity contribution >= 4 is 5.91 Å². The molecule has 0 aliphatic carbocycles. The highest BCUT2D eigenvalue weighted by atomic mass is 16.5. The van der Waals surface area contributed by atoms with E-state index in [9.17, 15) is 4.79 Å². The third-order valence-electron chi connectivity index (χ3n) is 3.44. The van der Waals surface area contributed by atoms with Crippen molar-refractivity contribution in [2.24, 2.45) is 0 Å². The van der Waals surface area contributed by atoms with E-state index in [4.69, 9.17) is 9.47 Å². The molecule has 0 aromatic heterocycles. The number of methoxy groups -OCH3 is 1. The molecular formula is C19H23NO3. The van der Waals surface area contributed by atoms with Gasteiger partial charge in [0.05, 0.1) is 13.2 Å². The molecule has 0 bridgehead atoms. The minimum absolute atomic E-state index is 0.0543. The minimum atomic E-state index is -0.0543. The van der Waals surface area contributed by atoms with Gasteiger partial charge in [0.15, 0.2) is 0 Å². The van der Waals surface area contributed by atoms with Crippen LogP contribution in [0, 0.1) is 0 Å². The number of rotatable bonds is 9. The Kier molecular flexibility index (Phi) is 7.30. The van der Waals surface area contributed by atoms with Gasteiger partial charge in [0.25, 0.3) is 5.91 Å². The van der Waals surface area contributed by atoms with Crippen molar-refractivity contribution in [2.45, 2.75) is 6.42 Å². The third kappa shape index (κ3) is 5.51. The summed E-state index contributed by atoms with van der Waals surface area (Å²) in [6, 6.07) is 17.6. The zero-order valence-electron chi connectivity index (χ0n) is 13.5. The smallest absolute Gasteiger partial charge is 0.251 e. The van der Waals surface area contributed by atoms with E-state index in [1.54, 1.807) is 7.11 Å². The number of benzene rings is 2. The van der Waals surface area contributed by atoms with Gasteiger partial charge in [-0.3, -0.25) is 4.79 Å². The van der Waals surface area contributed by atoms with Crippen LogP contribution in [0.25, 0.3) is 11.1 Å². The fraction of sp³-hybridized carbons (Fsp3) is 0.316. The Morgan fingerprint density at radius 3 is 2.48 bits per heavy atom. The predicted octanol–water partition coefficient (Wildman–Crippen LogP) is 3.14. The molecule has 4 heteroatoms. The molecule has 2 aromatic carbocycles. The van der Waals surface area contributed by atoms with Crippen LogP contribution in [0.2, 0.25) is 0 Å². The van der Waals surface area contributed by atoms with Gasteiger partial charge in [0, 0.05) is 25.8 Å². The molecule has 0 spiro atoms. The maximum Gasteiger partial charge on any atom is 0.251 e. The largest absolute Gasteiger partial charge is 0.382 e. The fourth-order valence-electron chi connectivity index (χ4n) is 2.27. The number of nitrogens with one attached hydrogen (secondary N) is 1. The molecule has 0 aliphatic rings. The lowest BCUT2D eigenvalue weighted by Gasteiger charge is -2.10. The summed E-state index contributed by atoms with van der Waals surface area (Å²) in [5.41, 5.74) is 2.68. The molecule has 1 N–H and O–H groups in total. The fourth-order valence-corrected chi connectivity index (χ4v) is 2.27. The van der Waals surface area contributed by atoms with Crippen LogP contribution in [0.1, 0.15) is 16.8 Å². The lowest BCUT2D eigenvalue weighted by atomic mass is 9.99. The van der Waals surface area contributed by atoms with Crippen LogP contribution < -0.4 is 5.32 Å². The van der Waals surface area contributed by atoms with Crippen molar-refractivity contribution in [3.8, 4) is 11.1 Å². The summed E-state index contributed by atoms with van der Waals surface area (Å²) >= 11 is 0. The normalized spacial score (nSPS) is 10.5. The topological polar surface area (TPSA) is 47.6 Å². The van der Waals surface area contributed by atoms with E-state index in [0.29, 0.717) is 31.9 Å². The molecular weight excluding hydrogens is 290 g/mol. The van der Waals surface area contributed by atoms with Crippen molar-refractivity contribution in [3.63, 3.8) is 0 Å². The molecule has 23 heavy (non-hydrogen) atoms. The minimum Gasteiger partial charge on any atom is -0.382 e. The number of carbonyl (C=O) groups excluding carboxylic acids is 1. The Labute approximate surface area is 137 Å². The van der Waals surface area contributed by atoms with E-state index >= 15 is 0 Å². The summed E-state index contributed by atoms with van der Waals surface area (Å²) in [6.07, 6.45) is 0.781. The van der Waals surface area contributed by atoms with Crippen LogP contribution in [-0.2, 0) is 9.47 Å². The predicted molar refractivity (Wildman–Crippen MR) is 91.5 cm³/mol. The van der Waals surface area contributed by atoms with E-state index in [1.165, 1.54) is 0 Å². The maximum absolute atomic E-state index is 12.4. The van der Waals surface area contributed by atoms with Gasteiger partial charge < -0.3 is 14.8 Å². The Morgan fingerprint density at radius 2 is 1.70 bits per heavy atom. The van der Waals surface area contributed by atoms with Gasteiger partial charge in [0.1, 0.15) is 0 Å². The highest BCUT2D eigenvalue weighted by Crippen LogP contribution is 2.23. The quantitative estimate of drug-likeness (QED) is 0.724. The molecule has 0 saturated carbocycles. The van der Waals surface area contributed by atoms with Crippen LogP contribution in [0.5, 0.6) is 0 Å². The Bertz CT molecular complexity index is 599. The van der Waals surface area contributed by atoms with Gasteiger partial charge in [0.2, 0.25) is 0 Å². The molecule has 2 rings (SSSR count). The van der Waals surface area contributed by atoms with E-state index in [1.807, 2.05) is 54.6 Å². The molecule has 2 aromatic rings. The van der Waals surface area contributed by atoms with Crippen LogP contribution in [-0.4, -0.2) is 39.4 Å². The standard InChI is InChI=1S/C19H23NO3/c1-22-14-15-23-13-7-12-20-19(21)18-11-6-5-10-17(18)16-8-3-2-4-9-16/h2-6,8-11H,7,12-15H2,1H3,(H,20,21). The number of amides is 1. The summed E-state index contributed by atoms with van der Waals surface area (Å²) in [5.74, 6) is -0.0543. The van der Waals surface area contributed by atoms with Crippen LogP contribution in [0.3, 0.4) is 0 Å². The van der Waals surface area contributed by atoms with Crippen molar-refractivity contribution in [1.82, 2.24) is 5.32 Å². The van der Waals surface area contributed by atoms with Gasteiger partial charge >= 0.3 is 0 Å². The van der Waals surface area contributed by atoms with Crippen molar-refractivity contribution in [3.05, 3.63) is 60.2 Å². The van der Waals surface area contributed by atoms with Gasteiger partial charge in [-0.15, -0.1) is 0 Å². The Morgan fingerprint density at radius 1 is 0.957 bits per heavy atom. The van der Waals surface area contributed by atoms with Crippen molar-refractivity contribution in [2.75, 3.05) is 33.5 Å². The van der Waals surface area contributed by atoms with Gasteiger partial charge in [-0.05, 0) is 23.6 Å². The zero-order chi connectivity index (χ0) is 16.3. The van der Waals surface area contributed by atoms with Gasteiger partial charge in [-0.2, -0.15) is 0 Å². The first-order valence-corrected chi connectivity index (χ1v) is 7.82. The van der Waals surface area contributed by atoms with E-state index in [2.05, 4.69) is 5.32 Å². The molecule has 0 fully saturated rings. The lowest BCUT2D eigenvalue weighted by Crippen LogP contribution is -2.26. The number of ether oxygens (including phenoxy) is 2. The highest BCUT2D eigenvalue weighted by Gasteiger charge is 2.11. The average Bonchev–Trinajstić information content (AvgIpc) is 2.61. The Balaban J connectivity index is 1.88. The first-order valence-electron chi connectivity index (χ1n) is 7.82. The summed E-state index contributed by atoms with van der Waals surface area (Å²) in [5, 5.41) is 2.95. The van der Waals surface area contributed by atoms with Crippen LogP contribution in [0.15, 0.2) is 54.6 Å². The van der Waals surface area contributed by atoms with E-state index < -0.39 is 0 Å². The summed E-state index contributed by atoms with van der Waals surface area (Å²) < 4.78 is 10.3. The SMILES string of the molecule is COCCOCCCNC(=O)c1ccccc1-c1ccccc1. The molecule has 1 amide bonds.